The number of aliphatic imine (C=N–C) groups is 1. The monoisotopic (exact) mass is 846 g/mol. The molecule has 2 bridgehead atoms. The molecule has 4 aliphatic rings. The molecule has 338 valence electrons. The molecule has 0 aromatic carbocycles. The van der Waals surface area contributed by atoms with Gasteiger partial charge in [0.1, 0.15) is 30.4 Å². The molecule has 0 radical (unpaired) electrons. The zero-order valence-electron chi connectivity index (χ0n) is 37.2. The number of esters is 1. The molecule has 0 unspecified atom stereocenters. The van der Waals surface area contributed by atoms with Crippen LogP contribution < -0.4 is 5.84 Å². The van der Waals surface area contributed by atoms with Crippen LogP contribution in [0.15, 0.2) is 38.6 Å². The molecule has 1 saturated carbocycles. The average Bonchev–Trinajstić information content (AvgIpc) is 3.23. The van der Waals surface area contributed by atoms with Crippen LogP contribution in [0.3, 0.4) is 0 Å². The number of carbonyl (C=O) groups excluding carboxylic acids is 4. The summed E-state index contributed by atoms with van der Waals surface area (Å²) < 4.78 is 30.1. The van der Waals surface area contributed by atoms with Gasteiger partial charge in [0.15, 0.2) is 0 Å². The maximum absolute atomic E-state index is 14.4. The van der Waals surface area contributed by atoms with Gasteiger partial charge in [-0.3, -0.25) is 19.4 Å². The third kappa shape index (κ3) is 11.9. The Labute approximate surface area is 355 Å². The summed E-state index contributed by atoms with van der Waals surface area (Å²) in [5.74, 6) is -2.42. The van der Waals surface area contributed by atoms with E-state index >= 15 is 0 Å². The number of nitrogens with two attached hydrogens (primary N) is 1. The molecule has 4 N–H and O–H groups in total. The Morgan fingerprint density at radius 3 is 2.32 bits per heavy atom. The van der Waals surface area contributed by atoms with E-state index in [0.717, 1.165) is 12.0 Å². The molecule has 14 atom stereocenters. The lowest BCUT2D eigenvalue weighted by Gasteiger charge is -2.47. The molecular weight excluding hydrogens is 775 g/mol. The molecule has 4 rings (SSSR count). The summed E-state index contributed by atoms with van der Waals surface area (Å²) in [6, 6.07) is -1.29. The van der Waals surface area contributed by atoms with Crippen molar-refractivity contribution in [3.8, 4) is 0 Å². The van der Waals surface area contributed by atoms with Gasteiger partial charge >= 0.3 is 5.97 Å². The van der Waals surface area contributed by atoms with Gasteiger partial charge in [-0.15, -0.1) is 5.11 Å². The van der Waals surface area contributed by atoms with Gasteiger partial charge in [-0.1, -0.05) is 50.6 Å². The molecule has 2 saturated heterocycles. The number of rotatable bonds is 8. The number of aliphatic hydroxyl groups is 2. The lowest BCUT2D eigenvalue weighted by molar-refractivity contribution is -0.302. The first-order chi connectivity index (χ1) is 28.5. The molecule has 3 fully saturated rings. The van der Waals surface area contributed by atoms with E-state index in [1.54, 1.807) is 21.0 Å². The number of amides is 1. The van der Waals surface area contributed by atoms with Crippen LogP contribution >= 0.6 is 0 Å². The first-order valence-corrected chi connectivity index (χ1v) is 21.8. The van der Waals surface area contributed by atoms with E-state index in [2.05, 4.69) is 22.3 Å². The summed E-state index contributed by atoms with van der Waals surface area (Å²) >= 11 is 0. The highest BCUT2D eigenvalue weighted by molar-refractivity contribution is 6.39. The Hall–Kier alpha value is -3.41. The van der Waals surface area contributed by atoms with Crippen molar-refractivity contribution < 1.29 is 53.1 Å². The fourth-order valence-corrected chi connectivity index (χ4v) is 9.71. The molecule has 1 amide bonds. The van der Waals surface area contributed by atoms with Gasteiger partial charge in [0.05, 0.1) is 30.5 Å². The van der Waals surface area contributed by atoms with Crippen LogP contribution in [0.25, 0.3) is 0 Å². The van der Waals surface area contributed by atoms with Crippen LogP contribution in [0, 0.1) is 29.6 Å². The standard InChI is InChI=1S/C44H71N5O11/c1-10-31-18-25(2)17-26(3)19-37(57-8)40-38(58-9)21-28(5)44(55,60-40)41(52)42(53)49-16-12-11-13-33(49)43(54)59-39(29(6)34(50)23-35(31)51)27(4)20-30-14-15-32(36(22-30)56-7)46-24-47-48-45/h18,20,24,26,28-34,36-40,50,55H,10-17,19,21-23H2,1-9H3,(H2,45,46,47)/b25-18+,27-20+/t26-,28+,29+,30-,31+,32-,33-,34-,36+,37-,38-,39+,40+,44+/m0/s1. The third-order valence-corrected chi connectivity index (χ3v) is 13.3. The Morgan fingerprint density at radius 2 is 1.67 bits per heavy atom. The number of piperidine rings is 1. The van der Waals surface area contributed by atoms with Crippen LogP contribution in [-0.4, -0.2) is 127 Å². The van der Waals surface area contributed by atoms with E-state index in [1.165, 1.54) is 25.5 Å². The Balaban J connectivity index is 1.75. The van der Waals surface area contributed by atoms with Crippen LogP contribution in [-0.2, 0) is 42.9 Å². The molecule has 0 aromatic heterocycles. The summed E-state index contributed by atoms with van der Waals surface area (Å²) in [5, 5.41) is 30.7. The minimum absolute atomic E-state index is 0.00942. The second-order valence-electron chi connectivity index (χ2n) is 17.7. The maximum Gasteiger partial charge on any atom is 0.329 e. The van der Waals surface area contributed by atoms with Crippen molar-refractivity contribution in [2.45, 2.75) is 167 Å². The van der Waals surface area contributed by atoms with Crippen LogP contribution in [0.5, 0.6) is 0 Å². The largest absolute Gasteiger partial charge is 0.456 e. The average molecular weight is 846 g/mol. The topological polar surface area (TPSA) is 221 Å². The summed E-state index contributed by atoms with van der Waals surface area (Å²) in [5.41, 5.74) is 1.66. The minimum Gasteiger partial charge on any atom is -0.456 e. The number of cyclic esters (lactones) is 1. The molecule has 0 spiro atoms. The van der Waals surface area contributed by atoms with E-state index in [1.807, 2.05) is 32.9 Å². The molecule has 16 nitrogen and oxygen atoms in total. The second kappa shape index (κ2) is 22.6. The lowest BCUT2D eigenvalue weighted by atomic mass is 9.81. The number of fused-ring (bicyclic) bond motifs is 3. The highest BCUT2D eigenvalue weighted by atomic mass is 16.7. The molecule has 0 aromatic rings. The minimum atomic E-state index is -2.51. The first-order valence-electron chi connectivity index (χ1n) is 21.8. The molecule has 3 heterocycles. The smallest absolute Gasteiger partial charge is 0.329 e. The van der Waals surface area contributed by atoms with Crippen molar-refractivity contribution in [1.82, 2.24) is 4.90 Å². The van der Waals surface area contributed by atoms with Crippen LogP contribution in [0.1, 0.15) is 112 Å². The number of ether oxygens (including phenoxy) is 5. The van der Waals surface area contributed by atoms with Crippen molar-refractivity contribution in [3.63, 3.8) is 0 Å². The van der Waals surface area contributed by atoms with Gasteiger partial charge in [0.2, 0.25) is 5.79 Å². The van der Waals surface area contributed by atoms with Crippen molar-refractivity contribution in [2.24, 2.45) is 50.8 Å². The molecular formula is C44H71N5O11. The second-order valence-corrected chi connectivity index (χ2v) is 17.7. The number of nitrogens with zero attached hydrogens (tertiary/aromatic N) is 4. The third-order valence-electron chi connectivity index (χ3n) is 13.3. The van der Waals surface area contributed by atoms with E-state index < -0.39 is 77.8 Å². The predicted octanol–water partition coefficient (Wildman–Crippen LogP) is 4.83. The van der Waals surface area contributed by atoms with E-state index in [4.69, 9.17) is 29.5 Å². The Morgan fingerprint density at radius 1 is 0.983 bits per heavy atom. The zero-order valence-corrected chi connectivity index (χ0v) is 37.2. The summed E-state index contributed by atoms with van der Waals surface area (Å²) in [6.45, 7) is 11.3. The summed E-state index contributed by atoms with van der Waals surface area (Å²) in [4.78, 5) is 62.4. The Kier molecular flexibility index (Phi) is 18.6. The number of allylic oxidation sites excluding steroid dienone is 3. The number of carbonyl (C=O) groups is 4. The van der Waals surface area contributed by atoms with Crippen LogP contribution in [0.4, 0.5) is 0 Å². The Bertz CT molecular complexity index is 1600. The van der Waals surface area contributed by atoms with Gasteiger partial charge in [-0.2, -0.15) is 0 Å². The van der Waals surface area contributed by atoms with Gasteiger partial charge in [-0.25, -0.2) is 4.79 Å². The normalized spacial score (nSPS) is 39.9. The zero-order chi connectivity index (χ0) is 44.3. The highest BCUT2D eigenvalue weighted by Crippen LogP contribution is 2.39. The van der Waals surface area contributed by atoms with E-state index in [-0.39, 0.29) is 55.6 Å². The highest BCUT2D eigenvalue weighted by Gasteiger charge is 2.56. The van der Waals surface area contributed by atoms with E-state index in [0.29, 0.717) is 50.5 Å². The van der Waals surface area contributed by atoms with Crippen LogP contribution in [0.2, 0.25) is 0 Å². The van der Waals surface area contributed by atoms with E-state index in [9.17, 15) is 29.4 Å². The number of aliphatic hydroxyl groups excluding tert-OH is 1. The molecule has 1 aliphatic carbocycles. The quantitative estimate of drug-likeness (QED) is 0.0437. The van der Waals surface area contributed by atoms with Crippen molar-refractivity contribution in [2.75, 3.05) is 27.9 Å². The maximum atomic E-state index is 14.4. The van der Waals surface area contributed by atoms with Gasteiger partial charge in [0.25, 0.3) is 11.7 Å². The molecule has 3 aliphatic heterocycles. The predicted molar refractivity (Wildman–Crippen MR) is 223 cm³/mol. The molecule has 16 heteroatoms. The van der Waals surface area contributed by atoms with Gasteiger partial charge in [0, 0.05) is 52.0 Å². The fourth-order valence-electron chi connectivity index (χ4n) is 9.71. The number of hydrogen-bond donors (Lipinski definition) is 3. The van der Waals surface area contributed by atoms with Crippen molar-refractivity contribution >= 4 is 29.8 Å². The first kappa shape index (κ1) is 49.2. The van der Waals surface area contributed by atoms with Gasteiger partial charge < -0.3 is 44.6 Å². The summed E-state index contributed by atoms with van der Waals surface area (Å²) in [7, 11) is 4.69. The SMILES string of the molecule is CC[C@@H]1/C=C(\C)C[C@H](C)C[C@H](OC)[C@H]2O[C@@](O)(C(=O)C(=O)N3CCCC[C@H]3C(=O)O[C@H](/C(C)=C/[C@@H]3CC[C@H](N=CN=NN)[C@H](OC)C3)[C@H](C)[C@@H](O)CC1=O)[C@H](C)C[C@@H]2OC. The fraction of sp³-hybridized carbons (Fsp3) is 0.795. The molecule has 60 heavy (non-hydrogen) atoms. The number of methoxy groups -OCH3 is 3. The van der Waals surface area contributed by atoms with Crippen molar-refractivity contribution in [1.29, 1.82) is 0 Å². The number of Topliss-reactive ketones (excluding diaryl/α,β-unsaturated/α-hetero) is 2. The number of hydrogen-bond acceptors (Lipinski definition) is 13. The number of ketones is 2. The van der Waals surface area contributed by atoms with Gasteiger partial charge in [-0.05, 0) is 95.5 Å². The summed E-state index contributed by atoms with van der Waals surface area (Å²) in [6.07, 6.45) is 5.96. The lowest BCUT2D eigenvalue weighted by Crippen LogP contribution is -2.64. The van der Waals surface area contributed by atoms with Crippen molar-refractivity contribution in [3.05, 3.63) is 23.3 Å².